The highest BCUT2D eigenvalue weighted by atomic mass is 35.5. The summed E-state index contributed by atoms with van der Waals surface area (Å²) in [6, 6.07) is 2.94. The number of hydrogen-bond acceptors (Lipinski definition) is 3. The van der Waals surface area contributed by atoms with Crippen LogP contribution >= 0.6 is 34.8 Å². The van der Waals surface area contributed by atoms with Crippen molar-refractivity contribution >= 4 is 40.7 Å². The smallest absolute Gasteiger partial charge is 0.252 e. The molecule has 1 amide bonds. The van der Waals surface area contributed by atoms with Crippen molar-refractivity contribution in [1.82, 2.24) is 0 Å². The Morgan fingerprint density at radius 3 is 2.61 bits per heavy atom. The first kappa shape index (κ1) is 15.0. The van der Waals surface area contributed by atoms with Crippen molar-refractivity contribution in [2.24, 2.45) is 5.73 Å². The average Bonchev–Trinajstić information content (AvgIpc) is 2.27. The number of carbonyl (C=O) groups is 1. The molecule has 0 fully saturated rings. The van der Waals surface area contributed by atoms with Crippen molar-refractivity contribution in [2.75, 3.05) is 13.7 Å². The van der Waals surface area contributed by atoms with Crippen molar-refractivity contribution in [3.8, 4) is 11.5 Å². The number of carbonyl (C=O) groups excluding carboxylic acids is 1. The summed E-state index contributed by atoms with van der Waals surface area (Å²) < 4.78 is 10.4. The van der Waals surface area contributed by atoms with E-state index < -0.39 is 5.91 Å². The number of benzene rings is 1. The van der Waals surface area contributed by atoms with Crippen LogP contribution in [0.1, 0.15) is 10.4 Å². The number of amides is 1. The second kappa shape index (κ2) is 6.73. The van der Waals surface area contributed by atoms with E-state index in [1.807, 2.05) is 0 Å². The van der Waals surface area contributed by atoms with Crippen LogP contribution in [0, 0.1) is 0 Å². The summed E-state index contributed by atoms with van der Waals surface area (Å²) in [7, 11) is 1.39. The first-order chi connectivity index (χ1) is 8.45. The number of hydrogen-bond donors (Lipinski definition) is 1. The van der Waals surface area contributed by atoms with Gasteiger partial charge in [0.1, 0.15) is 22.6 Å². The molecule has 0 radical (unpaired) electrons. The second-order valence-electron chi connectivity index (χ2n) is 3.15. The van der Waals surface area contributed by atoms with Crippen LogP contribution in [-0.2, 0) is 0 Å². The van der Waals surface area contributed by atoms with Gasteiger partial charge in [0, 0.05) is 6.07 Å². The Balaban J connectivity index is 3.02. The highest BCUT2D eigenvalue weighted by Gasteiger charge is 2.15. The number of primary amides is 1. The lowest BCUT2D eigenvalue weighted by atomic mass is 10.2. The number of methoxy groups -OCH3 is 1. The van der Waals surface area contributed by atoms with Gasteiger partial charge in [-0.3, -0.25) is 4.79 Å². The summed E-state index contributed by atoms with van der Waals surface area (Å²) in [4.78, 5) is 11.2. The van der Waals surface area contributed by atoms with Crippen molar-refractivity contribution in [3.63, 3.8) is 0 Å². The monoisotopic (exact) mass is 309 g/mol. The van der Waals surface area contributed by atoms with Crippen LogP contribution in [0.2, 0.25) is 5.02 Å². The third kappa shape index (κ3) is 3.98. The topological polar surface area (TPSA) is 61.6 Å². The van der Waals surface area contributed by atoms with E-state index in [2.05, 4.69) is 0 Å². The fraction of sp³-hybridized carbons (Fsp3) is 0.182. The quantitative estimate of drug-likeness (QED) is 0.908. The molecule has 1 rings (SSSR count). The zero-order chi connectivity index (χ0) is 13.7. The van der Waals surface area contributed by atoms with Gasteiger partial charge in [0.15, 0.2) is 0 Å². The summed E-state index contributed by atoms with van der Waals surface area (Å²) in [5, 5.41) is 0.227. The van der Waals surface area contributed by atoms with Gasteiger partial charge in [-0.1, -0.05) is 34.8 Å². The van der Waals surface area contributed by atoms with Gasteiger partial charge in [-0.25, -0.2) is 0 Å². The molecule has 1 aromatic rings. The maximum absolute atomic E-state index is 11.2. The fourth-order valence-corrected chi connectivity index (χ4v) is 1.66. The van der Waals surface area contributed by atoms with E-state index >= 15 is 0 Å². The molecule has 7 heteroatoms. The molecule has 18 heavy (non-hydrogen) atoms. The zero-order valence-corrected chi connectivity index (χ0v) is 11.6. The summed E-state index contributed by atoms with van der Waals surface area (Å²) >= 11 is 16.8. The molecule has 0 saturated carbocycles. The Labute approximate surface area is 119 Å². The Hall–Kier alpha value is -1.10. The highest BCUT2D eigenvalue weighted by Crippen LogP contribution is 2.33. The number of nitrogens with two attached hydrogens (primary N) is 1. The van der Waals surface area contributed by atoms with Gasteiger partial charge in [-0.15, -0.1) is 0 Å². The van der Waals surface area contributed by atoms with E-state index in [1.165, 1.54) is 25.3 Å². The first-order valence-corrected chi connectivity index (χ1v) is 5.90. The van der Waals surface area contributed by atoms with E-state index in [1.54, 1.807) is 0 Å². The van der Waals surface area contributed by atoms with Crippen LogP contribution in [0.3, 0.4) is 0 Å². The van der Waals surface area contributed by atoms with Gasteiger partial charge in [0.2, 0.25) is 0 Å². The SMILES string of the molecule is COc1c(Cl)cc(OCC=C(Cl)Cl)cc1C(N)=O. The lowest BCUT2D eigenvalue weighted by Crippen LogP contribution is -2.13. The van der Waals surface area contributed by atoms with Gasteiger partial charge in [-0.05, 0) is 12.1 Å². The molecule has 98 valence electrons. The van der Waals surface area contributed by atoms with Crippen LogP contribution < -0.4 is 15.2 Å². The fourth-order valence-electron chi connectivity index (χ4n) is 1.24. The van der Waals surface area contributed by atoms with Crippen molar-refractivity contribution in [3.05, 3.63) is 33.3 Å². The summed E-state index contributed by atoms with van der Waals surface area (Å²) in [6.45, 7) is 0.142. The van der Waals surface area contributed by atoms with Crippen LogP contribution in [0.4, 0.5) is 0 Å². The zero-order valence-electron chi connectivity index (χ0n) is 9.38. The van der Waals surface area contributed by atoms with Crippen molar-refractivity contribution in [2.45, 2.75) is 0 Å². The van der Waals surface area contributed by atoms with Crippen LogP contribution in [0.5, 0.6) is 11.5 Å². The summed E-state index contributed by atoms with van der Waals surface area (Å²) in [5.74, 6) is -0.0898. The lowest BCUT2D eigenvalue weighted by Gasteiger charge is -2.11. The van der Waals surface area contributed by atoms with E-state index in [-0.39, 0.29) is 27.4 Å². The molecule has 0 atom stereocenters. The van der Waals surface area contributed by atoms with Crippen LogP contribution in [-0.4, -0.2) is 19.6 Å². The molecule has 4 nitrogen and oxygen atoms in total. The average molecular weight is 311 g/mol. The van der Waals surface area contributed by atoms with Crippen molar-refractivity contribution in [1.29, 1.82) is 0 Å². The lowest BCUT2D eigenvalue weighted by molar-refractivity contribution is 0.0997. The van der Waals surface area contributed by atoms with Gasteiger partial charge in [0.05, 0.1) is 17.7 Å². The molecule has 0 heterocycles. The maximum atomic E-state index is 11.2. The predicted molar refractivity (Wildman–Crippen MR) is 71.8 cm³/mol. The minimum Gasteiger partial charge on any atom is -0.494 e. The Bertz CT molecular complexity index is 485. The standard InChI is InChI=1S/C11H10Cl3NO3/c1-17-10-7(11(15)16)4-6(5-8(10)12)18-3-2-9(13)14/h2,4-5H,3H2,1H3,(H2,15,16). The highest BCUT2D eigenvalue weighted by molar-refractivity contribution is 6.55. The van der Waals surface area contributed by atoms with Gasteiger partial charge >= 0.3 is 0 Å². The molecule has 0 aromatic heterocycles. The third-order valence-electron chi connectivity index (χ3n) is 1.97. The molecule has 0 saturated heterocycles. The second-order valence-corrected chi connectivity index (χ2v) is 4.57. The minimum atomic E-state index is -0.662. The van der Waals surface area contributed by atoms with E-state index in [0.29, 0.717) is 5.75 Å². The van der Waals surface area contributed by atoms with E-state index in [0.717, 1.165) is 0 Å². The molecule has 2 N–H and O–H groups in total. The summed E-state index contributed by atoms with van der Waals surface area (Å²) in [5.41, 5.74) is 5.36. The molecule has 0 aliphatic rings. The Morgan fingerprint density at radius 1 is 1.44 bits per heavy atom. The van der Waals surface area contributed by atoms with Crippen LogP contribution in [0.15, 0.2) is 22.7 Å². The maximum Gasteiger partial charge on any atom is 0.252 e. The first-order valence-electron chi connectivity index (χ1n) is 4.77. The van der Waals surface area contributed by atoms with Crippen LogP contribution in [0.25, 0.3) is 0 Å². The molecule has 1 aromatic carbocycles. The Kier molecular flexibility index (Phi) is 5.59. The molecular formula is C11H10Cl3NO3. The molecule has 0 aliphatic heterocycles. The number of ether oxygens (including phenoxy) is 2. The number of rotatable bonds is 5. The minimum absolute atomic E-state index is 0.0877. The van der Waals surface area contributed by atoms with Gasteiger partial charge in [-0.2, -0.15) is 0 Å². The molecule has 0 unspecified atom stereocenters. The Morgan fingerprint density at radius 2 is 2.11 bits per heavy atom. The normalized spacial score (nSPS) is 9.78. The predicted octanol–water partition coefficient (Wildman–Crippen LogP) is 3.15. The summed E-state index contributed by atoms with van der Waals surface area (Å²) in [6.07, 6.45) is 1.45. The molecule has 0 aliphatic carbocycles. The largest absolute Gasteiger partial charge is 0.494 e. The molecular weight excluding hydrogens is 300 g/mol. The molecule has 0 bridgehead atoms. The van der Waals surface area contributed by atoms with Gasteiger partial charge < -0.3 is 15.2 Å². The molecule has 0 spiro atoms. The third-order valence-corrected chi connectivity index (χ3v) is 2.56. The van der Waals surface area contributed by atoms with E-state index in [4.69, 9.17) is 50.0 Å². The van der Waals surface area contributed by atoms with Crippen molar-refractivity contribution < 1.29 is 14.3 Å². The van der Waals surface area contributed by atoms with Gasteiger partial charge in [0.25, 0.3) is 5.91 Å². The van der Waals surface area contributed by atoms with E-state index in [9.17, 15) is 4.79 Å². The number of halogens is 3.